The van der Waals surface area contributed by atoms with Crippen LogP contribution in [0.2, 0.25) is 0 Å². The second-order valence-corrected chi connectivity index (χ2v) is 7.04. The van der Waals surface area contributed by atoms with Crippen LogP contribution in [0.3, 0.4) is 0 Å². The molecular formula is C18H17N3O3S. The van der Waals surface area contributed by atoms with Gasteiger partial charge in [-0.2, -0.15) is 0 Å². The topological polar surface area (TPSA) is 72.7 Å². The van der Waals surface area contributed by atoms with Crippen LogP contribution in [-0.2, 0) is 9.53 Å². The van der Waals surface area contributed by atoms with Crippen molar-refractivity contribution in [1.29, 1.82) is 0 Å². The van der Waals surface area contributed by atoms with Crippen LogP contribution in [0.25, 0.3) is 16.2 Å². The number of benzene rings is 1. The number of rotatable bonds is 3. The van der Waals surface area contributed by atoms with Gasteiger partial charge in [0.25, 0.3) is 5.91 Å². The van der Waals surface area contributed by atoms with Gasteiger partial charge in [0.05, 0.1) is 12.3 Å². The number of ether oxygens (including phenoxy) is 1. The number of hydrogen-bond acceptors (Lipinski definition) is 5. The van der Waals surface area contributed by atoms with Crippen LogP contribution >= 0.6 is 11.3 Å². The fourth-order valence-electron chi connectivity index (χ4n) is 2.95. The molecular weight excluding hydrogens is 338 g/mol. The highest BCUT2D eigenvalue weighted by Crippen LogP contribution is 2.27. The molecule has 0 radical (unpaired) electrons. The van der Waals surface area contributed by atoms with Gasteiger partial charge < -0.3 is 10.1 Å². The van der Waals surface area contributed by atoms with E-state index in [-0.39, 0.29) is 11.9 Å². The number of fused-ring (bicyclic) bond motifs is 1. The van der Waals surface area contributed by atoms with Crippen LogP contribution in [0, 0.1) is 13.8 Å². The molecule has 2 aromatic heterocycles. The molecule has 7 heteroatoms. The fourth-order valence-corrected chi connectivity index (χ4v) is 3.80. The highest BCUT2D eigenvalue weighted by Gasteiger charge is 2.29. The quantitative estimate of drug-likeness (QED) is 0.733. The van der Waals surface area contributed by atoms with Crippen molar-refractivity contribution < 1.29 is 14.3 Å². The second kappa shape index (κ2) is 6.00. The molecule has 1 unspecified atom stereocenters. The van der Waals surface area contributed by atoms with E-state index in [2.05, 4.69) is 28.5 Å². The van der Waals surface area contributed by atoms with Crippen LogP contribution in [0.4, 0.5) is 0 Å². The lowest BCUT2D eigenvalue weighted by Gasteiger charge is -2.07. The maximum absolute atomic E-state index is 12.5. The lowest BCUT2D eigenvalue weighted by Crippen LogP contribution is -2.38. The van der Waals surface area contributed by atoms with E-state index in [1.165, 1.54) is 11.3 Å². The third-order valence-electron chi connectivity index (χ3n) is 4.35. The van der Waals surface area contributed by atoms with Gasteiger partial charge >= 0.3 is 5.97 Å². The molecule has 4 rings (SSSR count). The average molecular weight is 355 g/mol. The Morgan fingerprint density at radius 3 is 3.00 bits per heavy atom. The molecule has 1 saturated heterocycles. The predicted octanol–water partition coefficient (Wildman–Crippen LogP) is 2.72. The van der Waals surface area contributed by atoms with Crippen molar-refractivity contribution in [1.82, 2.24) is 14.7 Å². The van der Waals surface area contributed by atoms with Crippen molar-refractivity contribution in [2.45, 2.75) is 26.3 Å². The number of hydrogen-bond donors (Lipinski definition) is 1. The van der Waals surface area contributed by atoms with Gasteiger partial charge in [-0.1, -0.05) is 17.7 Å². The summed E-state index contributed by atoms with van der Waals surface area (Å²) in [6.07, 6.45) is 2.38. The van der Waals surface area contributed by atoms with Gasteiger partial charge in [-0.3, -0.25) is 9.20 Å². The molecule has 1 aliphatic heterocycles. The summed E-state index contributed by atoms with van der Waals surface area (Å²) in [7, 11) is 0. The number of aryl methyl sites for hydroxylation is 2. The Bertz CT molecular complexity index is 989. The summed E-state index contributed by atoms with van der Waals surface area (Å²) in [5, 5.41) is 4.49. The van der Waals surface area contributed by atoms with Gasteiger partial charge in [0.15, 0.2) is 4.96 Å². The minimum Gasteiger partial charge on any atom is -0.464 e. The Morgan fingerprint density at radius 2 is 2.24 bits per heavy atom. The molecule has 0 aliphatic carbocycles. The zero-order chi connectivity index (χ0) is 17.6. The van der Waals surface area contributed by atoms with Gasteiger partial charge in [-0.25, -0.2) is 9.78 Å². The van der Waals surface area contributed by atoms with E-state index in [9.17, 15) is 9.59 Å². The van der Waals surface area contributed by atoms with E-state index in [1.54, 1.807) is 9.78 Å². The third-order valence-corrected chi connectivity index (χ3v) is 5.19. The molecule has 1 amide bonds. The highest BCUT2D eigenvalue weighted by molar-refractivity contribution is 7.15. The van der Waals surface area contributed by atoms with E-state index in [4.69, 9.17) is 4.74 Å². The molecule has 25 heavy (non-hydrogen) atoms. The highest BCUT2D eigenvalue weighted by atomic mass is 32.1. The molecule has 3 aromatic rings. The molecule has 0 saturated carbocycles. The first-order chi connectivity index (χ1) is 12.0. The monoisotopic (exact) mass is 355 g/mol. The molecule has 3 heterocycles. The fraction of sp³-hybridized carbons (Fsp3) is 0.278. The van der Waals surface area contributed by atoms with Gasteiger partial charge in [-0.15, -0.1) is 11.3 Å². The lowest BCUT2D eigenvalue weighted by molar-refractivity contribution is -0.139. The molecule has 0 bridgehead atoms. The summed E-state index contributed by atoms with van der Waals surface area (Å²) in [4.78, 5) is 29.5. The van der Waals surface area contributed by atoms with E-state index in [0.29, 0.717) is 18.7 Å². The van der Waals surface area contributed by atoms with E-state index in [1.807, 2.05) is 20.0 Å². The second-order valence-electron chi connectivity index (χ2n) is 6.20. The summed E-state index contributed by atoms with van der Waals surface area (Å²) in [6.45, 7) is 4.44. The average Bonchev–Trinajstić information content (AvgIpc) is 3.26. The van der Waals surface area contributed by atoms with Crippen molar-refractivity contribution in [3.63, 3.8) is 0 Å². The summed E-state index contributed by atoms with van der Waals surface area (Å²) in [6, 6.07) is 5.66. The van der Waals surface area contributed by atoms with Crippen LogP contribution < -0.4 is 5.32 Å². The Labute approximate surface area is 148 Å². The number of aromatic nitrogens is 2. The molecule has 1 fully saturated rings. The minimum absolute atomic E-state index is 0.292. The predicted molar refractivity (Wildman–Crippen MR) is 94.8 cm³/mol. The zero-order valence-corrected chi connectivity index (χ0v) is 14.7. The molecule has 128 valence electrons. The number of carbonyl (C=O) groups is 2. The van der Waals surface area contributed by atoms with Crippen molar-refractivity contribution in [3.05, 3.63) is 46.6 Å². The Hall–Kier alpha value is -2.67. The number of amides is 1. The van der Waals surface area contributed by atoms with Crippen LogP contribution in [0.15, 0.2) is 29.8 Å². The molecule has 1 atom stereocenters. The Balaban J connectivity index is 1.67. The summed E-state index contributed by atoms with van der Waals surface area (Å²) < 4.78 is 6.66. The SMILES string of the molecule is Cc1ccc(C)c(-c2cn3c(C(=O)NC4CCOC4=O)csc3n2)c1. The number of thiazole rings is 1. The smallest absolute Gasteiger partial charge is 0.328 e. The van der Waals surface area contributed by atoms with Crippen molar-refractivity contribution in [2.75, 3.05) is 6.61 Å². The number of esters is 1. The van der Waals surface area contributed by atoms with E-state index < -0.39 is 6.04 Å². The lowest BCUT2D eigenvalue weighted by atomic mass is 10.0. The minimum atomic E-state index is -0.565. The maximum atomic E-state index is 12.5. The normalized spacial score (nSPS) is 17.0. The standard InChI is InChI=1S/C18H17N3O3S/c1-10-3-4-11(2)12(7-10)14-8-21-15(9-25-18(21)20-14)16(22)19-13-5-6-24-17(13)23/h3-4,7-9,13H,5-6H2,1-2H3,(H,19,22). The third kappa shape index (κ3) is 2.80. The Morgan fingerprint density at radius 1 is 1.40 bits per heavy atom. The first kappa shape index (κ1) is 15.8. The van der Waals surface area contributed by atoms with Crippen molar-refractivity contribution >= 4 is 28.2 Å². The first-order valence-corrected chi connectivity index (χ1v) is 8.92. The summed E-state index contributed by atoms with van der Waals surface area (Å²) >= 11 is 1.40. The van der Waals surface area contributed by atoms with Gasteiger partial charge in [-0.05, 0) is 25.5 Å². The van der Waals surface area contributed by atoms with Crippen LogP contribution in [-0.4, -0.2) is 33.9 Å². The number of nitrogens with zero attached hydrogens (tertiary/aromatic N) is 2. The first-order valence-electron chi connectivity index (χ1n) is 8.04. The van der Waals surface area contributed by atoms with Crippen LogP contribution in [0.1, 0.15) is 28.0 Å². The number of carbonyl (C=O) groups excluding carboxylic acids is 2. The van der Waals surface area contributed by atoms with E-state index in [0.717, 1.165) is 27.3 Å². The zero-order valence-electron chi connectivity index (χ0n) is 13.9. The maximum Gasteiger partial charge on any atom is 0.328 e. The molecule has 1 aromatic carbocycles. The molecule has 1 N–H and O–H groups in total. The van der Waals surface area contributed by atoms with Crippen molar-refractivity contribution in [3.8, 4) is 11.3 Å². The number of cyclic esters (lactones) is 1. The number of nitrogens with one attached hydrogen (secondary N) is 1. The summed E-state index contributed by atoms with van der Waals surface area (Å²) in [5.74, 6) is -0.665. The number of imidazole rings is 1. The van der Waals surface area contributed by atoms with E-state index >= 15 is 0 Å². The molecule has 1 aliphatic rings. The van der Waals surface area contributed by atoms with Gasteiger partial charge in [0, 0.05) is 23.6 Å². The largest absolute Gasteiger partial charge is 0.464 e. The van der Waals surface area contributed by atoms with Gasteiger partial charge in [0.2, 0.25) is 0 Å². The van der Waals surface area contributed by atoms with Crippen LogP contribution in [0.5, 0.6) is 0 Å². The molecule has 0 spiro atoms. The van der Waals surface area contributed by atoms with Gasteiger partial charge in [0.1, 0.15) is 11.7 Å². The Kier molecular flexibility index (Phi) is 3.80. The molecule has 6 nitrogen and oxygen atoms in total. The summed E-state index contributed by atoms with van der Waals surface area (Å²) in [5.41, 5.74) is 4.67. The van der Waals surface area contributed by atoms with Crippen molar-refractivity contribution in [2.24, 2.45) is 0 Å².